The Hall–Kier alpha value is -0.260. The van der Waals surface area contributed by atoms with Gasteiger partial charge in [0, 0.05) is 0 Å². The van der Waals surface area contributed by atoms with Crippen LogP contribution in [0.4, 0.5) is 0 Å². The third kappa shape index (κ3) is 13.8. The van der Waals surface area contributed by atoms with E-state index >= 15 is 0 Å². The second-order valence-electron chi connectivity index (χ2n) is 12.3. The molecule has 1 saturated carbocycles. The Bertz CT molecular complexity index is 448. The van der Waals surface area contributed by atoms with Crippen LogP contribution in [0.15, 0.2) is 11.1 Å². The minimum absolute atomic E-state index is 0.548. The van der Waals surface area contributed by atoms with Gasteiger partial charge in [0.15, 0.2) is 0 Å². The van der Waals surface area contributed by atoms with Gasteiger partial charge in [-0.2, -0.15) is 0 Å². The molecule has 0 N–H and O–H groups in total. The van der Waals surface area contributed by atoms with E-state index in [2.05, 4.69) is 48.5 Å². The fourth-order valence-corrected chi connectivity index (χ4v) is 5.64. The van der Waals surface area contributed by atoms with Gasteiger partial charge in [0.2, 0.25) is 0 Å². The molecule has 0 heteroatoms. The van der Waals surface area contributed by atoms with Gasteiger partial charge in [0.05, 0.1) is 0 Å². The van der Waals surface area contributed by atoms with Crippen molar-refractivity contribution >= 4 is 0 Å². The van der Waals surface area contributed by atoms with E-state index in [9.17, 15) is 0 Å². The number of hydrogen-bond donors (Lipinski definition) is 0. The molecular formula is C31H60. The lowest BCUT2D eigenvalue weighted by Crippen LogP contribution is -2.11. The minimum atomic E-state index is 0.548. The van der Waals surface area contributed by atoms with Crippen molar-refractivity contribution < 1.29 is 0 Å². The summed E-state index contributed by atoms with van der Waals surface area (Å²) in [5.74, 6) is 2.65. The maximum atomic E-state index is 2.51. The summed E-state index contributed by atoms with van der Waals surface area (Å²) in [6.45, 7) is 17.3. The topological polar surface area (TPSA) is 0 Å². The molecule has 184 valence electrons. The summed E-state index contributed by atoms with van der Waals surface area (Å²) in [4.78, 5) is 0. The maximum Gasteiger partial charge on any atom is -0.0232 e. The Balaban J connectivity index is 2.51. The summed E-state index contributed by atoms with van der Waals surface area (Å²) in [5.41, 5.74) is 4.15. The highest BCUT2D eigenvalue weighted by Crippen LogP contribution is 2.33. The predicted molar refractivity (Wildman–Crippen MR) is 143 cm³/mol. The van der Waals surface area contributed by atoms with Gasteiger partial charge >= 0.3 is 0 Å². The van der Waals surface area contributed by atoms with Crippen molar-refractivity contribution in [1.82, 2.24) is 0 Å². The van der Waals surface area contributed by atoms with Crippen molar-refractivity contribution in [3.8, 4) is 0 Å². The third-order valence-electron chi connectivity index (χ3n) is 8.50. The zero-order valence-electron chi connectivity index (χ0n) is 23.0. The van der Waals surface area contributed by atoms with E-state index in [1.807, 2.05) is 5.57 Å². The van der Waals surface area contributed by atoms with Crippen LogP contribution < -0.4 is 0 Å². The van der Waals surface area contributed by atoms with Gasteiger partial charge < -0.3 is 0 Å². The Morgan fingerprint density at radius 1 is 0.806 bits per heavy atom. The van der Waals surface area contributed by atoms with Gasteiger partial charge in [-0.3, -0.25) is 0 Å². The van der Waals surface area contributed by atoms with Gasteiger partial charge in [0.1, 0.15) is 0 Å². The molecule has 0 spiro atoms. The van der Waals surface area contributed by atoms with E-state index in [4.69, 9.17) is 0 Å². The van der Waals surface area contributed by atoms with Gasteiger partial charge in [-0.05, 0) is 75.0 Å². The summed E-state index contributed by atoms with van der Waals surface area (Å²) >= 11 is 0. The molecule has 0 nitrogen and oxygen atoms in total. The van der Waals surface area contributed by atoms with E-state index in [0.29, 0.717) is 5.41 Å². The summed E-state index contributed by atoms with van der Waals surface area (Å²) in [6.07, 6.45) is 25.5. The fourth-order valence-electron chi connectivity index (χ4n) is 5.64. The van der Waals surface area contributed by atoms with E-state index in [1.54, 1.807) is 5.57 Å². The largest absolute Gasteiger partial charge is 0.0713 e. The summed E-state index contributed by atoms with van der Waals surface area (Å²) in [7, 11) is 0. The molecule has 0 amide bonds. The van der Waals surface area contributed by atoms with Crippen LogP contribution in [0.5, 0.6) is 0 Å². The highest BCUT2D eigenvalue weighted by Gasteiger charge is 2.17. The van der Waals surface area contributed by atoms with E-state index < -0.39 is 0 Å². The molecule has 0 heterocycles. The highest BCUT2D eigenvalue weighted by molar-refractivity contribution is 5.14. The summed E-state index contributed by atoms with van der Waals surface area (Å²) < 4.78 is 0. The number of hydrogen-bond acceptors (Lipinski definition) is 0. The number of unbranched alkanes of at least 4 members (excludes halogenated alkanes) is 3. The molecule has 0 bridgehead atoms. The molecule has 1 rings (SSSR count). The summed E-state index contributed by atoms with van der Waals surface area (Å²) in [6, 6.07) is 0. The number of rotatable bonds is 10. The molecule has 3 atom stereocenters. The van der Waals surface area contributed by atoms with Crippen LogP contribution in [0.2, 0.25) is 0 Å². The molecule has 0 aromatic carbocycles. The maximum absolute atomic E-state index is 2.51. The van der Waals surface area contributed by atoms with Crippen LogP contribution in [0.1, 0.15) is 164 Å². The Labute approximate surface area is 198 Å². The smallest absolute Gasteiger partial charge is 0.0232 e. The second-order valence-corrected chi connectivity index (χ2v) is 12.3. The van der Waals surface area contributed by atoms with Gasteiger partial charge in [-0.1, -0.05) is 123 Å². The standard InChI is InChI=1S/C31H60/c1-8-9-15-24-31(6,7)25-16-14-19-28(4)29(5)30-20-12-10-17-26(2)22-23-27(3)18-11-13-21-30/h26-28H,8-25H2,1-7H3. The van der Waals surface area contributed by atoms with Crippen molar-refractivity contribution in [2.75, 3.05) is 0 Å². The molecule has 0 radical (unpaired) electrons. The van der Waals surface area contributed by atoms with E-state index in [1.165, 1.54) is 116 Å². The first kappa shape index (κ1) is 28.8. The zero-order valence-corrected chi connectivity index (χ0v) is 23.0. The lowest BCUT2D eigenvalue weighted by molar-refractivity contribution is 0.282. The second kappa shape index (κ2) is 16.4. The molecule has 0 aliphatic heterocycles. The van der Waals surface area contributed by atoms with Gasteiger partial charge in [-0.25, -0.2) is 0 Å². The van der Waals surface area contributed by atoms with Crippen LogP contribution >= 0.6 is 0 Å². The van der Waals surface area contributed by atoms with Crippen LogP contribution in [0, 0.1) is 23.2 Å². The first-order valence-corrected chi connectivity index (χ1v) is 14.4. The molecular weight excluding hydrogens is 372 g/mol. The molecule has 1 aliphatic rings. The Morgan fingerprint density at radius 3 is 1.84 bits per heavy atom. The average molecular weight is 433 g/mol. The molecule has 1 aliphatic carbocycles. The average Bonchev–Trinajstić information content (AvgIpc) is 2.74. The Morgan fingerprint density at radius 2 is 1.32 bits per heavy atom. The van der Waals surface area contributed by atoms with Crippen LogP contribution in [-0.2, 0) is 0 Å². The van der Waals surface area contributed by atoms with Crippen molar-refractivity contribution in [2.45, 2.75) is 164 Å². The molecule has 0 aromatic rings. The molecule has 0 saturated heterocycles. The van der Waals surface area contributed by atoms with Crippen molar-refractivity contribution in [3.63, 3.8) is 0 Å². The minimum Gasteiger partial charge on any atom is -0.0713 e. The highest BCUT2D eigenvalue weighted by atomic mass is 14.2. The quantitative estimate of drug-likeness (QED) is 0.238. The van der Waals surface area contributed by atoms with Crippen LogP contribution in [0.25, 0.3) is 0 Å². The monoisotopic (exact) mass is 432 g/mol. The van der Waals surface area contributed by atoms with E-state index in [-0.39, 0.29) is 0 Å². The molecule has 0 aromatic heterocycles. The first-order valence-electron chi connectivity index (χ1n) is 14.4. The Kier molecular flexibility index (Phi) is 15.2. The zero-order chi connectivity index (χ0) is 23.1. The predicted octanol–water partition coefficient (Wildman–Crippen LogP) is 11.3. The van der Waals surface area contributed by atoms with Crippen LogP contribution in [-0.4, -0.2) is 0 Å². The van der Waals surface area contributed by atoms with Crippen molar-refractivity contribution in [2.24, 2.45) is 23.2 Å². The lowest BCUT2D eigenvalue weighted by atomic mass is 9.81. The fraction of sp³-hybridized carbons (Fsp3) is 0.935. The SMILES string of the molecule is CCCCCC(C)(C)CCCCC(C)C(C)=C1CCCCC(C)CCC(C)CCCC1. The van der Waals surface area contributed by atoms with Gasteiger partial charge in [-0.15, -0.1) is 0 Å². The van der Waals surface area contributed by atoms with Crippen molar-refractivity contribution in [1.29, 1.82) is 0 Å². The summed E-state index contributed by atoms with van der Waals surface area (Å²) in [5, 5.41) is 0. The molecule has 31 heavy (non-hydrogen) atoms. The normalized spacial score (nSPS) is 23.5. The first-order chi connectivity index (χ1) is 14.7. The van der Waals surface area contributed by atoms with Gasteiger partial charge in [0.25, 0.3) is 0 Å². The van der Waals surface area contributed by atoms with Crippen molar-refractivity contribution in [3.05, 3.63) is 11.1 Å². The van der Waals surface area contributed by atoms with Crippen LogP contribution in [0.3, 0.4) is 0 Å². The lowest BCUT2D eigenvalue weighted by Gasteiger charge is -2.25. The molecule has 1 fully saturated rings. The van der Waals surface area contributed by atoms with E-state index in [0.717, 1.165) is 17.8 Å². The third-order valence-corrected chi connectivity index (χ3v) is 8.50. The molecule has 3 unspecified atom stereocenters. The number of allylic oxidation sites excluding steroid dienone is 2.